The molecule has 0 amide bonds. The first-order valence-corrected chi connectivity index (χ1v) is 15.8. The predicted molar refractivity (Wildman–Crippen MR) is 157 cm³/mol. The second-order valence-corrected chi connectivity index (χ2v) is 12.9. The smallest absolute Gasteiger partial charge is 0.423 e. The quantitative estimate of drug-likeness (QED) is 0.368. The molecule has 2 aliphatic carbocycles. The summed E-state index contributed by atoms with van der Waals surface area (Å²) in [6.45, 7) is 1.87. The number of ether oxygens (including phenoxy) is 2. The molecule has 2 heterocycles. The van der Waals surface area contributed by atoms with Crippen molar-refractivity contribution in [3.63, 3.8) is 0 Å². The van der Waals surface area contributed by atoms with Crippen molar-refractivity contribution >= 4 is 28.5 Å². The van der Waals surface area contributed by atoms with Crippen molar-refractivity contribution in [3.05, 3.63) is 64.1 Å². The van der Waals surface area contributed by atoms with Crippen LogP contribution >= 0.6 is 15.9 Å². The Morgan fingerprint density at radius 1 is 0.553 bits per heavy atom. The van der Waals surface area contributed by atoms with Gasteiger partial charge < -0.3 is 19.5 Å². The normalized spacial score (nSPS) is 28.6. The Hall–Kier alpha value is -1.18. The summed E-state index contributed by atoms with van der Waals surface area (Å²) in [6.07, 6.45) is 16.8. The van der Waals surface area contributed by atoms with Gasteiger partial charge in [0.15, 0.2) is 0 Å². The van der Waals surface area contributed by atoms with Gasteiger partial charge in [0, 0.05) is 4.47 Å². The van der Waals surface area contributed by atoms with Crippen LogP contribution in [0.2, 0.25) is 0 Å². The molecule has 2 aliphatic heterocycles. The molecule has 4 fully saturated rings. The highest BCUT2D eigenvalue weighted by molar-refractivity contribution is 9.10. The van der Waals surface area contributed by atoms with E-state index in [1.54, 1.807) is 12.1 Å². The molecule has 2 saturated heterocycles. The zero-order chi connectivity index (χ0) is 26.3. The molecule has 2 N–H and O–H groups in total. The molecule has 0 spiro atoms. The van der Waals surface area contributed by atoms with Crippen molar-refractivity contribution in [3.8, 4) is 0 Å². The Labute approximate surface area is 237 Å². The second kappa shape index (κ2) is 13.9. The van der Waals surface area contributed by atoms with Gasteiger partial charge in [-0.05, 0) is 78.1 Å². The Morgan fingerprint density at radius 3 is 1.34 bits per heavy atom. The van der Waals surface area contributed by atoms with E-state index in [9.17, 15) is 0 Å². The fourth-order valence-corrected chi connectivity index (χ4v) is 7.50. The summed E-state index contributed by atoms with van der Waals surface area (Å²) in [5.74, 6) is 3.44. The standard InChI is InChI=1S/C16H23BO3.C16H21BrO/c18-17(19)15-8-5-13(6-9-15)16-10-7-14(11-20-16)12-3-1-2-4-12;17-15-8-5-13(6-9-15)16-10-7-14(11-18-16)12-3-1-2-4-12/h5-6,8-9,12,14,16,18-19H,1-4,7,10-11H2;5-6,8-9,12,14,16H,1-4,7,10-11H2. The van der Waals surface area contributed by atoms with E-state index in [0.717, 1.165) is 53.3 Å². The summed E-state index contributed by atoms with van der Waals surface area (Å²) in [7, 11) is -1.39. The van der Waals surface area contributed by atoms with Gasteiger partial charge in [0.05, 0.1) is 25.4 Å². The van der Waals surface area contributed by atoms with Crippen molar-refractivity contribution in [2.75, 3.05) is 13.2 Å². The largest absolute Gasteiger partial charge is 0.488 e. The first kappa shape index (κ1) is 28.4. The SMILES string of the molecule is Brc1ccc(C2CCC(C3CCCC3)CO2)cc1.OB(O)c1ccc(C2CCC(C3CCCC3)CO2)cc1. The van der Waals surface area contributed by atoms with Crippen LogP contribution in [0.25, 0.3) is 0 Å². The van der Waals surface area contributed by atoms with E-state index in [2.05, 4.69) is 40.2 Å². The van der Waals surface area contributed by atoms with Crippen molar-refractivity contribution in [2.24, 2.45) is 23.7 Å². The number of benzene rings is 2. The molecule has 0 radical (unpaired) electrons. The molecule has 4 atom stereocenters. The van der Waals surface area contributed by atoms with Crippen LogP contribution in [-0.2, 0) is 9.47 Å². The highest BCUT2D eigenvalue weighted by Crippen LogP contribution is 2.41. The molecule has 4 nitrogen and oxygen atoms in total. The average Bonchev–Trinajstić information content (AvgIpc) is 3.70. The van der Waals surface area contributed by atoms with E-state index >= 15 is 0 Å². The van der Waals surface area contributed by atoms with Crippen molar-refractivity contribution in [1.82, 2.24) is 0 Å². The number of rotatable bonds is 5. The number of halogens is 1. The molecule has 206 valence electrons. The molecule has 38 heavy (non-hydrogen) atoms. The van der Waals surface area contributed by atoms with Gasteiger partial charge in [0.2, 0.25) is 0 Å². The highest BCUT2D eigenvalue weighted by atomic mass is 79.9. The Balaban J connectivity index is 0.000000156. The molecule has 2 aromatic carbocycles. The lowest BCUT2D eigenvalue weighted by atomic mass is 9.79. The van der Waals surface area contributed by atoms with Gasteiger partial charge in [0.25, 0.3) is 0 Å². The molecular weight excluding hydrogens is 539 g/mol. The minimum atomic E-state index is -1.39. The third-order valence-electron chi connectivity index (χ3n) is 9.60. The molecule has 2 saturated carbocycles. The maximum absolute atomic E-state index is 9.11. The van der Waals surface area contributed by atoms with E-state index in [4.69, 9.17) is 19.5 Å². The molecule has 2 aromatic rings. The maximum Gasteiger partial charge on any atom is 0.488 e. The minimum absolute atomic E-state index is 0.178. The molecule has 0 bridgehead atoms. The zero-order valence-electron chi connectivity index (χ0n) is 22.6. The lowest BCUT2D eigenvalue weighted by Crippen LogP contribution is -2.30. The first-order valence-electron chi connectivity index (χ1n) is 15.0. The zero-order valence-corrected chi connectivity index (χ0v) is 24.2. The van der Waals surface area contributed by atoms with Crippen LogP contribution in [0.5, 0.6) is 0 Å². The van der Waals surface area contributed by atoms with Gasteiger partial charge in [0.1, 0.15) is 0 Å². The van der Waals surface area contributed by atoms with Crippen LogP contribution in [0, 0.1) is 23.7 Å². The molecule has 0 aromatic heterocycles. The summed E-state index contributed by atoms with van der Waals surface area (Å²) in [4.78, 5) is 0. The summed E-state index contributed by atoms with van der Waals surface area (Å²) in [5, 5.41) is 18.2. The summed E-state index contributed by atoms with van der Waals surface area (Å²) >= 11 is 3.48. The van der Waals surface area contributed by atoms with E-state index in [1.807, 2.05) is 12.1 Å². The number of hydrogen-bond donors (Lipinski definition) is 2. The van der Waals surface area contributed by atoms with Gasteiger partial charge >= 0.3 is 7.12 Å². The van der Waals surface area contributed by atoms with Gasteiger partial charge in [-0.2, -0.15) is 0 Å². The summed E-state index contributed by atoms with van der Waals surface area (Å²) in [5.41, 5.74) is 3.02. The molecule has 4 aliphatic rings. The van der Waals surface area contributed by atoms with Crippen LogP contribution in [0.4, 0.5) is 0 Å². The van der Waals surface area contributed by atoms with E-state index in [0.29, 0.717) is 11.6 Å². The first-order chi connectivity index (χ1) is 18.6. The topological polar surface area (TPSA) is 58.9 Å². The van der Waals surface area contributed by atoms with Crippen LogP contribution < -0.4 is 5.46 Å². The van der Waals surface area contributed by atoms with E-state index in [-0.39, 0.29) is 6.10 Å². The number of hydrogen-bond acceptors (Lipinski definition) is 4. The Bertz CT molecular complexity index is 954. The van der Waals surface area contributed by atoms with Gasteiger partial charge in [-0.25, -0.2) is 0 Å². The average molecular weight is 583 g/mol. The van der Waals surface area contributed by atoms with Crippen LogP contribution in [0.1, 0.15) is 100 Å². The third kappa shape index (κ3) is 7.51. The van der Waals surface area contributed by atoms with Crippen LogP contribution in [0.3, 0.4) is 0 Å². The Kier molecular flexibility index (Phi) is 10.4. The van der Waals surface area contributed by atoms with Gasteiger partial charge in [-0.15, -0.1) is 0 Å². The predicted octanol–water partition coefficient (Wildman–Crippen LogP) is 7.13. The highest BCUT2D eigenvalue weighted by Gasteiger charge is 2.31. The molecular formula is C32H44BBrO4. The van der Waals surface area contributed by atoms with Crippen molar-refractivity contribution < 1.29 is 19.5 Å². The summed E-state index contributed by atoms with van der Waals surface area (Å²) in [6, 6.07) is 16.0. The fraction of sp³-hybridized carbons (Fsp3) is 0.625. The second-order valence-electron chi connectivity index (χ2n) is 12.0. The van der Waals surface area contributed by atoms with Crippen LogP contribution in [-0.4, -0.2) is 30.4 Å². The molecule has 6 rings (SSSR count). The van der Waals surface area contributed by atoms with Crippen molar-refractivity contribution in [2.45, 2.75) is 89.3 Å². The third-order valence-corrected chi connectivity index (χ3v) is 10.1. The Morgan fingerprint density at radius 2 is 0.974 bits per heavy atom. The minimum Gasteiger partial charge on any atom is -0.423 e. The molecule has 4 unspecified atom stereocenters. The summed E-state index contributed by atoms with van der Waals surface area (Å²) < 4.78 is 13.3. The van der Waals surface area contributed by atoms with E-state index in [1.165, 1.54) is 76.2 Å². The maximum atomic E-state index is 9.11. The van der Waals surface area contributed by atoms with Crippen LogP contribution in [0.15, 0.2) is 53.0 Å². The molecule has 6 heteroatoms. The lowest BCUT2D eigenvalue weighted by Gasteiger charge is -2.32. The van der Waals surface area contributed by atoms with Gasteiger partial charge in [-0.3, -0.25) is 0 Å². The lowest BCUT2D eigenvalue weighted by molar-refractivity contribution is -0.0329. The van der Waals surface area contributed by atoms with Gasteiger partial charge in [-0.1, -0.05) is 104 Å². The van der Waals surface area contributed by atoms with E-state index < -0.39 is 7.12 Å². The fourth-order valence-electron chi connectivity index (χ4n) is 7.23. The monoisotopic (exact) mass is 582 g/mol. The van der Waals surface area contributed by atoms with Crippen molar-refractivity contribution in [1.29, 1.82) is 0 Å².